The highest BCUT2D eigenvalue weighted by Crippen LogP contribution is 2.33. The monoisotopic (exact) mass is 486 g/mol. The Balaban J connectivity index is 1.91. The molecule has 2 N–H and O–H groups in total. The first-order chi connectivity index (χ1) is 16.8. The molecule has 3 aromatic carbocycles. The van der Waals surface area contributed by atoms with E-state index in [1.54, 1.807) is 27.3 Å². The molecule has 0 aliphatic rings. The Hall–Kier alpha value is -3.52. The lowest BCUT2D eigenvalue weighted by Gasteiger charge is -2.26. The summed E-state index contributed by atoms with van der Waals surface area (Å²) >= 11 is 0. The van der Waals surface area contributed by atoms with Gasteiger partial charge in [0.25, 0.3) is 0 Å². The average molecular weight is 487 g/mol. The summed E-state index contributed by atoms with van der Waals surface area (Å²) in [5.74, 6) is 0.919. The van der Waals surface area contributed by atoms with Gasteiger partial charge >= 0.3 is 6.18 Å². The molecule has 3 rings (SSSR count). The summed E-state index contributed by atoms with van der Waals surface area (Å²) in [5.41, 5.74) is 1.74. The quantitative estimate of drug-likeness (QED) is 0.399. The van der Waals surface area contributed by atoms with Gasteiger partial charge in [0.2, 0.25) is 5.91 Å². The van der Waals surface area contributed by atoms with Crippen molar-refractivity contribution in [1.29, 1.82) is 0 Å². The Labute approximate surface area is 203 Å². The van der Waals surface area contributed by atoms with Crippen LogP contribution in [-0.4, -0.2) is 27.2 Å². The number of nitrogens with one attached hydrogen (secondary N) is 2. The number of likely N-dealkylation sites (N-methyl/N-ethyl adjacent to an activating group) is 1. The van der Waals surface area contributed by atoms with Crippen molar-refractivity contribution in [3.8, 4) is 11.5 Å². The van der Waals surface area contributed by atoms with Crippen molar-refractivity contribution in [1.82, 2.24) is 10.6 Å². The highest BCUT2D eigenvalue weighted by Gasteiger charge is 2.30. The van der Waals surface area contributed by atoms with Gasteiger partial charge in [-0.05, 0) is 53.8 Å². The fourth-order valence-electron chi connectivity index (χ4n) is 3.90. The molecule has 5 nitrogen and oxygen atoms in total. The van der Waals surface area contributed by atoms with Gasteiger partial charge in [0.05, 0.1) is 19.8 Å². The Bertz CT molecular complexity index is 1100. The van der Waals surface area contributed by atoms with Crippen molar-refractivity contribution in [2.24, 2.45) is 0 Å². The van der Waals surface area contributed by atoms with Gasteiger partial charge in [-0.15, -0.1) is 0 Å². The van der Waals surface area contributed by atoms with Crippen molar-refractivity contribution >= 4 is 5.91 Å². The van der Waals surface area contributed by atoms with E-state index in [4.69, 9.17) is 9.47 Å². The summed E-state index contributed by atoms with van der Waals surface area (Å²) in [6, 6.07) is 19.1. The molecule has 0 aliphatic carbocycles. The third-order valence-corrected chi connectivity index (χ3v) is 5.82. The molecule has 1 amide bonds. The van der Waals surface area contributed by atoms with E-state index in [9.17, 15) is 18.0 Å². The molecule has 0 radical (unpaired) electrons. The number of carbonyl (C=O) groups excluding carboxylic acids is 1. The van der Waals surface area contributed by atoms with E-state index in [2.05, 4.69) is 10.6 Å². The van der Waals surface area contributed by atoms with Gasteiger partial charge in [0.15, 0.2) is 11.5 Å². The molecule has 0 saturated carbocycles. The maximum atomic E-state index is 12.9. The molecule has 0 aromatic heterocycles. The maximum absolute atomic E-state index is 12.9. The van der Waals surface area contributed by atoms with E-state index in [0.29, 0.717) is 24.3 Å². The number of aryl methyl sites for hydroxylation is 1. The van der Waals surface area contributed by atoms with Crippen LogP contribution in [0, 0.1) is 0 Å². The SMILES string of the molecule is CNC(=O)C(N[C@H](CCc1ccc(C(F)(F)F)cc1)c1ccc(OC)c(OC)c1)c1ccccc1. The number of rotatable bonds is 10. The second-order valence-electron chi connectivity index (χ2n) is 8.02. The molecule has 8 heteroatoms. The average Bonchev–Trinajstić information content (AvgIpc) is 2.88. The van der Waals surface area contributed by atoms with Crippen LogP contribution in [0.3, 0.4) is 0 Å². The van der Waals surface area contributed by atoms with E-state index < -0.39 is 17.8 Å². The maximum Gasteiger partial charge on any atom is 0.416 e. The molecule has 0 heterocycles. The molecule has 186 valence electrons. The summed E-state index contributed by atoms with van der Waals surface area (Å²) < 4.78 is 49.6. The van der Waals surface area contributed by atoms with Gasteiger partial charge < -0.3 is 14.8 Å². The van der Waals surface area contributed by atoms with Crippen LogP contribution < -0.4 is 20.1 Å². The first-order valence-corrected chi connectivity index (χ1v) is 11.2. The summed E-state index contributed by atoms with van der Waals surface area (Å²) in [4.78, 5) is 12.8. The molecule has 0 spiro atoms. The molecular formula is C27H29F3N2O3. The summed E-state index contributed by atoms with van der Waals surface area (Å²) in [5, 5.41) is 6.15. The van der Waals surface area contributed by atoms with Crippen molar-refractivity contribution in [3.05, 3.63) is 95.1 Å². The first kappa shape index (κ1) is 26.1. The van der Waals surface area contributed by atoms with Crippen LogP contribution in [0.5, 0.6) is 11.5 Å². The molecule has 0 saturated heterocycles. The number of methoxy groups -OCH3 is 2. The Kier molecular flexibility index (Phi) is 8.76. The number of hydrogen-bond acceptors (Lipinski definition) is 4. The highest BCUT2D eigenvalue weighted by molar-refractivity contribution is 5.83. The van der Waals surface area contributed by atoms with Crippen molar-refractivity contribution < 1.29 is 27.4 Å². The zero-order chi connectivity index (χ0) is 25.4. The second-order valence-corrected chi connectivity index (χ2v) is 8.02. The van der Waals surface area contributed by atoms with E-state index >= 15 is 0 Å². The van der Waals surface area contributed by atoms with Crippen molar-refractivity contribution in [3.63, 3.8) is 0 Å². The standard InChI is InChI=1S/C27H29F3N2O3/c1-31-26(33)25(19-7-5-4-6-8-19)32-22(20-12-16-23(34-2)24(17-20)35-3)15-11-18-9-13-21(14-10-18)27(28,29)30/h4-10,12-14,16-17,22,25,32H,11,15H2,1-3H3,(H,31,33)/t22-,25?/m1/s1. The topological polar surface area (TPSA) is 59.6 Å². The molecule has 0 fully saturated rings. The third kappa shape index (κ3) is 6.76. The lowest BCUT2D eigenvalue weighted by atomic mass is 9.95. The van der Waals surface area contributed by atoms with E-state index in [-0.39, 0.29) is 11.9 Å². The van der Waals surface area contributed by atoms with Crippen LogP contribution >= 0.6 is 0 Å². The van der Waals surface area contributed by atoms with Gasteiger partial charge in [0, 0.05) is 13.1 Å². The molecule has 0 aliphatic heterocycles. The second kappa shape index (κ2) is 11.8. The predicted molar refractivity (Wildman–Crippen MR) is 128 cm³/mol. The fourth-order valence-corrected chi connectivity index (χ4v) is 3.90. The number of benzene rings is 3. The van der Waals surface area contributed by atoms with E-state index in [1.807, 2.05) is 42.5 Å². The predicted octanol–water partition coefficient (Wildman–Crippen LogP) is 5.47. The van der Waals surface area contributed by atoms with Crippen LogP contribution in [0.25, 0.3) is 0 Å². The van der Waals surface area contributed by atoms with Crippen molar-refractivity contribution in [2.75, 3.05) is 21.3 Å². The molecule has 0 bridgehead atoms. The normalized spacial score (nSPS) is 13.1. The molecule has 35 heavy (non-hydrogen) atoms. The third-order valence-electron chi connectivity index (χ3n) is 5.82. The summed E-state index contributed by atoms with van der Waals surface area (Å²) in [6.45, 7) is 0. The Morgan fingerprint density at radius 1 is 0.886 bits per heavy atom. The number of halogens is 3. The number of alkyl halides is 3. The molecular weight excluding hydrogens is 457 g/mol. The zero-order valence-electron chi connectivity index (χ0n) is 19.9. The van der Waals surface area contributed by atoms with Crippen LogP contribution in [0.15, 0.2) is 72.8 Å². The highest BCUT2D eigenvalue weighted by atomic mass is 19.4. The van der Waals surface area contributed by atoms with Gasteiger partial charge in [-0.2, -0.15) is 13.2 Å². The number of ether oxygens (including phenoxy) is 2. The van der Waals surface area contributed by atoms with Crippen LogP contribution in [0.1, 0.15) is 40.8 Å². The van der Waals surface area contributed by atoms with Gasteiger partial charge in [0.1, 0.15) is 6.04 Å². The summed E-state index contributed by atoms with van der Waals surface area (Å²) in [7, 11) is 4.67. The van der Waals surface area contributed by atoms with Crippen LogP contribution in [-0.2, 0) is 17.4 Å². The van der Waals surface area contributed by atoms with Crippen molar-refractivity contribution in [2.45, 2.75) is 31.1 Å². The first-order valence-electron chi connectivity index (χ1n) is 11.2. The fraction of sp³-hybridized carbons (Fsp3) is 0.296. The minimum absolute atomic E-state index is 0.198. The minimum atomic E-state index is -4.38. The molecule has 1 unspecified atom stereocenters. The lowest BCUT2D eigenvalue weighted by Crippen LogP contribution is -2.38. The smallest absolute Gasteiger partial charge is 0.416 e. The van der Waals surface area contributed by atoms with E-state index in [0.717, 1.165) is 28.8 Å². The van der Waals surface area contributed by atoms with Crippen LogP contribution in [0.2, 0.25) is 0 Å². The van der Waals surface area contributed by atoms with Crippen LogP contribution in [0.4, 0.5) is 13.2 Å². The minimum Gasteiger partial charge on any atom is -0.493 e. The lowest BCUT2D eigenvalue weighted by molar-refractivity contribution is -0.137. The molecule has 2 atom stereocenters. The number of amides is 1. The number of hydrogen-bond donors (Lipinski definition) is 2. The van der Waals surface area contributed by atoms with Gasteiger partial charge in [-0.25, -0.2) is 0 Å². The molecule has 3 aromatic rings. The summed E-state index contributed by atoms with van der Waals surface area (Å²) in [6.07, 6.45) is -3.35. The Morgan fingerprint density at radius 3 is 2.11 bits per heavy atom. The number of carbonyl (C=O) groups is 1. The van der Waals surface area contributed by atoms with Gasteiger partial charge in [-0.1, -0.05) is 48.5 Å². The van der Waals surface area contributed by atoms with E-state index in [1.165, 1.54) is 12.1 Å². The Morgan fingerprint density at radius 2 is 1.54 bits per heavy atom. The zero-order valence-corrected chi connectivity index (χ0v) is 19.9. The van der Waals surface area contributed by atoms with Gasteiger partial charge in [-0.3, -0.25) is 10.1 Å². The largest absolute Gasteiger partial charge is 0.493 e.